The van der Waals surface area contributed by atoms with E-state index in [-0.39, 0.29) is 10.8 Å². The molecule has 2 aromatic rings. The number of aromatic nitrogens is 2. The first kappa shape index (κ1) is 19.5. The second kappa shape index (κ2) is 7.61. The van der Waals surface area contributed by atoms with Crippen molar-refractivity contribution in [3.8, 4) is 0 Å². The summed E-state index contributed by atoms with van der Waals surface area (Å²) in [5.41, 5.74) is 3.05. The molecule has 5 nitrogen and oxygen atoms in total. The van der Waals surface area contributed by atoms with Crippen molar-refractivity contribution < 1.29 is 12.8 Å². The summed E-state index contributed by atoms with van der Waals surface area (Å²) in [5, 5.41) is 3.72. The van der Waals surface area contributed by atoms with E-state index in [0.29, 0.717) is 0 Å². The summed E-state index contributed by atoms with van der Waals surface area (Å²) in [6.07, 6.45) is 4.08. The van der Waals surface area contributed by atoms with Gasteiger partial charge < -0.3 is 4.90 Å². The molecule has 0 atom stereocenters. The summed E-state index contributed by atoms with van der Waals surface area (Å²) in [4.78, 5) is 2.57. The third-order valence-electron chi connectivity index (χ3n) is 3.43. The minimum atomic E-state index is -3.79. The van der Waals surface area contributed by atoms with Crippen LogP contribution >= 0.6 is 11.8 Å². The van der Waals surface area contributed by atoms with Crippen LogP contribution in [0.5, 0.6) is 0 Å². The van der Waals surface area contributed by atoms with Gasteiger partial charge in [-0.25, -0.2) is 12.8 Å². The molecular weight excluding hydrogens is 361 g/mol. The molecule has 1 aromatic carbocycles. The fourth-order valence-corrected chi connectivity index (χ4v) is 4.82. The van der Waals surface area contributed by atoms with Crippen molar-refractivity contribution in [2.45, 2.75) is 30.7 Å². The molecule has 0 saturated carbocycles. The number of rotatable bonds is 6. The van der Waals surface area contributed by atoms with Crippen LogP contribution in [0.15, 0.2) is 40.5 Å². The quantitative estimate of drug-likeness (QED) is 0.766. The van der Waals surface area contributed by atoms with Gasteiger partial charge in [-0.2, -0.15) is 5.10 Å². The van der Waals surface area contributed by atoms with Crippen LogP contribution in [0.3, 0.4) is 0 Å². The fraction of sp³-hybridized carbons (Fsp3) is 0.353. The number of hydrogen-bond donors (Lipinski definition) is 0. The molecule has 0 fully saturated rings. The highest BCUT2D eigenvalue weighted by atomic mass is 32.2. The standard InChI is InChI=1S/C17H22FN3O2S2/c1-12-9-13(2)16(14(3)10-12)24-17-15(18)11-19-21(17)25(22,23)8-6-7-20(4)5/h6-7,9-11H,8H2,1-5H3. The number of benzene rings is 1. The Balaban J connectivity index is 2.40. The van der Waals surface area contributed by atoms with Crippen LogP contribution in [0.1, 0.15) is 16.7 Å². The first-order valence-electron chi connectivity index (χ1n) is 7.67. The van der Waals surface area contributed by atoms with E-state index in [1.807, 2.05) is 32.9 Å². The van der Waals surface area contributed by atoms with Gasteiger partial charge in [-0.1, -0.05) is 35.5 Å². The van der Waals surface area contributed by atoms with Crippen LogP contribution in [0.25, 0.3) is 0 Å². The molecule has 0 bridgehead atoms. The van der Waals surface area contributed by atoms with E-state index in [9.17, 15) is 12.8 Å². The third-order valence-corrected chi connectivity index (χ3v) is 6.37. The maximum Gasteiger partial charge on any atom is 0.258 e. The Morgan fingerprint density at radius 3 is 2.40 bits per heavy atom. The number of hydrogen-bond acceptors (Lipinski definition) is 5. The lowest BCUT2D eigenvalue weighted by Gasteiger charge is -2.12. The topological polar surface area (TPSA) is 55.2 Å². The van der Waals surface area contributed by atoms with Crippen molar-refractivity contribution >= 4 is 21.8 Å². The average Bonchev–Trinajstić information content (AvgIpc) is 2.84. The largest absolute Gasteiger partial charge is 0.384 e. The lowest BCUT2D eigenvalue weighted by molar-refractivity contribution is 0.558. The lowest BCUT2D eigenvalue weighted by Crippen LogP contribution is -2.18. The van der Waals surface area contributed by atoms with E-state index < -0.39 is 15.8 Å². The zero-order valence-electron chi connectivity index (χ0n) is 14.9. The first-order valence-corrected chi connectivity index (χ1v) is 10.1. The number of aryl methyl sites for hydroxylation is 3. The van der Waals surface area contributed by atoms with E-state index in [1.165, 1.54) is 6.08 Å². The van der Waals surface area contributed by atoms with Crippen LogP contribution in [0.4, 0.5) is 4.39 Å². The van der Waals surface area contributed by atoms with Crippen LogP contribution in [-0.4, -0.2) is 42.4 Å². The molecular formula is C17H22FN3O2S2. The van der Waals surface area contributed by atoms with Crippen LogP contribution in [0, 0.1) is 26.6 Å². The monoisotopic (exact) mass is 383 g/mol. The minimum absolute atomic E-state index is 0.0201. The van der Waals surface area contributed by atoms with Crippen LogP contribution in [-0.2, 0) is 10.0 Å². The molecule has 0 aliphatic rings. The molecule has 0 unspecified atom stereocenters. The Bertz CT molecular complexity index is 880. The predicted molar refractivity (Wildman–Crippen MR) is 99.0 cm³/mol. The van der Waals surface area contributed by atoms with E-state index >= 15 is 0 Å². The van der Waals surface area contributed by atoms with E-state index in [0.717, 1.165) is 43.6 Å². The van der Waals surface area contributed by atoms with Crippen molar-refractivity contribution in [3.05, 3.63) is 53.1 Å². The summed E-state index contributed by atoms with van der Waals surface area (Å²) in [6, 6.07) is 3.98. The van der Waals surface area contributed by atoms with Gasteiger partial charge in [0.15, 0.2) is 10.8 Å². The number of halogens is 1. The summed E-state index contributed by atoms with van der Waals surface area (Å²) in [7, 11) is -0.203. The molecule has 2 rings (SSSR count). The van der Waals surface area contributed by atoms with Gasteiger partial charge in [-0.15, -0.1) is 4.09 Å². The number of nitrogens with zero attached hydrogens (tertiary/aromatic N) is 3. The third kappa shape index (κ3) is 4.64. The van der Waals surface area contributed by atoms with Gasteiger partial charge in [0, 0.05) is 19.0 Å². The molecule has 8 heteroatoms. The van der Waals surface area contributed by atoms with Crippen molar-refractivity contribution in [1.82, 2.24) is 14.1 Å². The van der Waals surface area contributed by atoms with Crippen LogP contribution in [0.2, 0.25) is 0 Å². The second-order valence-corrected chi connectivity index (χ2v) is 8.94. The summed E-state index contributed by atoms with van der Waals surface area (Å²) in [5.74, 6) is -0.907. The molecule has 25 heavy (non-hydrogen) atoms. The molecule has 0 spiro atoms. The molecule has 1 heterocycles. The maximum absolute atomic E-state index is 14.2. The SMILES string of the molecule is Cc1cc(C)c(Sc2c(F)cnn2S(=O)(=O)CC=CN(C)C)c(C)c1. The molecule has 0 N–H and O–H groups in total. The van der Waals surface area contributed by atoms with Crippen LogP contribution < -0.4 is 0 Å². The predicted octanol–water partition coefficient (Wildman–Crippen LogP) is 3.35. The zero-order valence-corrected chi connectivity index (χ0v) is 16.6. The van der Waals surface area contributed by atoms with Gasteiger partial charge in [0.1, 0.15) is 0 Å². The Morgan fingerprint density at radius 2 is 1.84 bits per heavy atom. The van der Waals surface area contributed by atoms with Gasteiger partial charge in [-0.05, 0) is 38.1 Å². The first-order chi connectivity index (χ1) is 11.6. The van der Waals surface area contributed by atoms with Crippen molar-refractivity contribution in [3.63, 3.8) is 0 Å². The highest BCUT2D eigenvalue weighted by Crippen LogP contribution is 2.35. The molecule has 0 saturated heterocycles. The molecule has 0 aliphatic heterocycles. The Morgan fingerprint density at radius 1 is 1.24 bits per heavy atom. The van der Waals surface area contributed by atoms with Gasteiger partial charge in [-0.3, -0.25) is 0 Å². The average molecular weight is 384 g/mol. The summed E-state index contributed by atoms with van der Waals surface area (Å²) in [6.45, 7) is 5.84. The van der Waals surface area contributed by atoms with E-state index in [1.54, 1.807) is 25.2 Å². The Labute approximate surface area is 152 Å². The highest BCUT2D eigenvalue weighted by molar-refractivity contribution is 8.00. The van der Waals surface area contributed by atoms with E-state index in [2.05, 4.69) is 5.10 Å². The molecule has 1 aromatic heterocycles. The Hall–Kier alpha value is -1.80. The van der Waals surface area contributed by atoms with Gasteiger partial charge in [0.25, 0.3) is 10.0 Å². The lowest BCUT2D eigenvalue weighted by atomic mass is 10.1. The van der Waals surface area contributed by atoms with Gasteiger partial charge in [0.05, 0.1) is 11.9 Å². The highest BCUT2D eigenvalue weighted by Gasteiger charge is 2.23. The zero-order chi connectivity index (χ0) is 18.8. The molecule has 0 radical (unpaired) electrons. The Kier molecular flexibility index (Phi) is 5.95. The minimum Gasteiger partial charge on any atom is -0.384 e. The molecule has 136 valence electrons. The van der Waals surface area contributed by atoms with Gasteiger partial charge >= 0.3 is 0 Å². The molecule has 0 amide bonds. The fourth-order valence-electron chi connectivity index (χ4n) is 2.46. The van der Waals surface area contributed by atoms with Crippen molar-refractivity contribution in [1.29, 1.82) is 0 Å². The normalized spacial score (nSPS) is 12.1. The van der Waals surface area contributed by atoms with Gasteiger partial charge in [0.2, 0.25) is 0 Å². The van der Waals surface area contributed by atoms with E-state index in [4.69, 9.17) is 0 Å². The smallest absolute Gasteiger partial charge is 0.258 e. The summed E-state index contributed by atoms with van der Waals surface area (Å²) >= 11 is 1.09. The maximum atomic E-state index is 14.2. The second-order valence-electron chi connectivity index (χ2n) is 6.10. The van der Waals surface area contributed by atoms with Crippen molar-refractivity contribution in [2.24, 2.45) is 0 Å². The molecule has 0 aliphatic carbocycles. The van der Waals surface area contributed by atoms with Crippen molar-refractivity contribution in [2.75, 3.05) is 19.8 Å². The summed E-state index contributed by atoms with van der Waals surface area (Å²) < 4.78 is 40.0.